The smallest absolute Gasteiger partial charge is 0.177 e. The molecule has 19 heavy (non-hydrogen) atoms. The van der Waals surface area contributed by atoms with E-state index in [2.05, 4.69) is 5.10 Å². The number of nitrogens with zero attached hydrogens (tertiary/aromatic N) is 2. The average molecular weight is 254 g/mol. The van der Waals surface area contributed by atoms with Gasteiger partial charge >= 0.3 is 0 Å². The molecule has 0 amide bonds. The van der Waals surface area contributed by atoms with Crippen LogP contribution in [0.5, 0.6) is 0 Å². The highest BCUT2D eigenvalue weighted by molar-refractivity contribution is 6.18. The average Bonchev–Trinajstić information content (AvgIpc) is 2.94. The van der Waals surface area contributed by atoms with Crippen LogP contribution in [0, 0.1) is 12.8 Å². The maximum absolute atomic E-state index is 12.3. The normalized spacial score (nSPS) is 17.6. The van der Waals surface area contributed by atoms with Crippen molar-refractivity contribution >= 4 is 11.6 Å². The third-order valence-corrected chi connectivity index (χ3v) is 3.58. The summed E-state index contributed by atoms with van der Waals surface area (Å²) in [5.74, 6) is -0.777. The van der Waals surface area contributed by atoms with Gasteiger partial charge in [-0.1, -0.05) is 17.7 Å². The van der Waals surface area contributed by atoms with Gasteiger partial charge in [-0.3, -0.25) is 14.3 Å². The van der Waals surface area contributed by atoms with E-state index >= 15 is 0 Å². The number of hydrogen-bond acceptors (Lipinski definition) is 3. The molecule has 0 bridgehead atoms. The first kappa shape index (κ1) is 11.8. The van der Waals surface area contributed by atoms with E-state index in [0.717, 1.165) is 11.1 Å². The number of aryl methyl sites for hydroxylation is 2. The molecule has 0 saturated carbocycles. The summed E-state index contributed by atoms with van der Waals surface area (Å²) in [6, 6.07) is 5.79. The van der Waals surface area contributed by atoms with E-state index in [1.807, 2.05) is 25.1 Å². The van der Waals surface area contributed by atoms with Crippen LogP contribution in [0.2, 0.25) is 0 Å². The second kappa shape index (κ2) is 4.16. The summed E-state index contributed by atoms with van der Waals surface area (Å²) in [7, 11) is 1.76. The standard InChI is InChI=1S/C15H14N2O2/c1-9-3-4-10-6-13(15(19)12(10)5-9)14(18)11-7-16-17(2)8-11/h3-5,7-8,13H,6H2,1-2H3. The fraction of sp³-hybridized carbons (Fsp3) is 0.267. The van der Waals surface area contributed by atoms with E-state index in [-0.39, 0.29) is 11.6 Å². The molecule has 96 valence electrons. The van der Waals surface area contributed by atoms with Gasteiger partial charge in [0, 0.05) is 18.8 Å². The third-order valence-electron chi connectivity index (χ3n) is 3.58. The van der Waals surface area contributed by atoms with Crippen LogP contribution in [0.4, 0.5) is 0 Å². The Bertz CT molecular complexity index is 677. The van der Waals surface area contributed by atoms with Crippen molar-refractivity contribution in [1.29, 1.82) is 0 Å². The number of aromatic nitrogens is 2. The number of hydrogen-bond donors (Lipinski definition) is 0. The lowest BCUT2D eigenvalue weighted by Gasteiger charge is -2.04. The summed E-state index contributed by atoms with van der Waals surface area (Å²) < 4.78 is 1.57. The van der Waals surface area contributed by atoms with Gasteiger partial charge in [-0.25, -0.2) is 0 Å². The molecule has 0 radical (unpaired) electrons. The van der Waals surface area contributed by atoms with Crippen LogP contribution in [0.25, 0.3) is 0 Å². The van der Waals surface area contributed by atoms with Gasteiger partial charge in [-0.05, 0) is 25.0 Å². The zero-order valence-electron chi connectivity index (χ0n) is 10.9. The minimum atomic E-state index is -0.582. The number of fused-ring (bicyclic) bond motifs is 1. The molecule has 1 unspecified atom stereocenters. The molecule has 3 rings (SSSR count). The third kappa shape index (κ3) is 1.89. The summed E-state index contributed by atoms with van der Waals surface area (Å²) in [6.07, 6.45) is 3.68. The molecule has 0 N–H and O–H groups in total. The second-order valence-electron chi connectivity index (χ2n) is 5.05. The van der Waals surface area contributed by atoms with Gasteiger partial charge in [0.05, 0.1) is 17.7 Å². The Morgan fingerprint density at radius 2 is 2.21 bits per heavy atom. The van der Waals surface area contributed by atoms with Crippen LogP contribution in [0.15, 0.2) is 30.6 Å². The first-order valence-electron chi connectivity index (χ1n) is 6.23. The summed E-state index contributed by atoms with van der Waals surface area (Å²) in [5.41, 5.74) is 3.21. The van der Waals surface area contributed by atoms with Crippen molar-refractivity contribution in [2.75, 3.05) is 0 Å². The Morgan fingerprint density at radius 3 is 2.89 bits per heavy atom. The number of carbonyl (C=O) groups is 2. The molecule has 0 spiro atoms. The molecule has 1 aromatic carbocycles. The Kier molecular flexibility index (Phi) is 2.59. The quantitative estimate of drug-likeness (QED) is 0.608. The Labute approximate surface area is 111 Å². The summed E-state index contributed by atoms with van der Waals surface area (Å²) in [5, 5.41) is 3.98. The van der Waals surface area contributed by atoms with E-state index < -0.39 is 5.92 Å². The minimum absolute atomic E-state index is 0.0625. The molecule has 0 aliphatic heterocycles. The zero-order chi connectivity index (χ0) is 13.6. The van der Waals surface area contributed by atoms with Crippen LogP contribution in [-0.4, -0.2) is 21.3 Å². The Balaban J connectivity index is 1.94. The van der Waals surface area contributed by atoms with E-state index in [1.165, 1.54) is 6.20 Å². The van der Waals surface area contributed by atoms with Crippen molar-refractivity contribution < 1.29 is 9.59 Å². The van der Waals surface area contributed by atoms with Crippen LogP contribution in [0.3, 0.4) is 0 Å². The predicted molar refractivity (Wildman–Crippen MR) is 70.2 cm³/mol. The van der Waals surface area contributed by atoms with Crippen molar-refractivity contribution in [1.82, 2.24) is 9.78 Å². The van der Waals surface area contributed by atoms with Crippen LogP contribution < -0.4 is 0 Å². The lowest BCUT2D eigenvalue weighted by molar-refractivity contribution is 0.0822. The topological polar surface area (TPSA) is 52.0 Å². The first-order chi connectivity index (χ1) is 9.06. The van der Waals surface area contributed by atoms with Gasteiger partial charge in [0.2, 0.25) is 0 Å². The maximum Gasteiger partial charge on any atom is 0.177 e. The van der Waals surface area contributed by atoms with Crippen molar-refractivity contribution in [2.24, 2.45) is 13.0 Å². The van der Waals surface area contributed by atoms with Crippen molar-refractivity contribution in [3.05, 3.63) is 52.8 Å². The second-order valence-corrected chi connectivity index (χ2v) is 5.05. The summed E-state index contributed by atoms with van der Waals surface area (Å²) >= 11 is 0. The van der Waals surface area contributed by atoms with E-state index in [0.29, 0.717) is 17.5 Å². The molecule has 0 fully saturated rings. The molecule has 1 atom stereocenters. The summed E-state index contributed by atoms with van der Waals surface area (Å²) in [6.45, 7) is 1.95. The lowest BCUT2D eigenvalue weighted by Crippen LogP contribution is -2.20. The SMILES string of the molecule is Cc1ccc2c(c1)C(=O)C(C(=O)c1cnn(C)c1)C2. The van der Waals surface area contributed by atoms with E-state index in [9.17, 15) is 9.59 Å². The lowest BCUT2D eigenvalue weighted by atomic mass is 9.96. The Hall–Kier alpha value is -2.23. The Morgan fingerprint density at radius 1 is 1.42 bits per heavy atom. The van der Waals surface area contributed by atoms with Gasteiger partial charge in [0.25, 0.3) is 0 Å². The van der Waals surface area contributed by atoms with Crippen LogP contribution >= 0.6 is 0 Å². The first-order valence-corrected chi connectivity index (χ1v) is 6.23. The maximum atomic E-state index is 12.3. The zero-order valence-corrected chi connectivity index (χ0v) is 10.9. The van der Waals surface area contributed by atoms with Gasteiger partial charge in [-0.2, -0.15) is 5.10 Å². The number of Topliss-reactive ketones (excluding diaryl/α,β-unsaturated/α-hetero) is 2. The molecular formula is C15H14N2O2. The van der Waals surface area contributed by atoms with Crippen molar-refractivity contribution in [3.63, 3.8) is 0 Å². The fourth-order valence-electron chi connectivity index (χ4n) is 2.56. The highest BCUT2D eigenvalue weighted by Crippen LogP contribution is 2.29. The monoisotopic (exact) mass is 254 g/mol. The molecular weight excluding hydrogens is 240 g/mol. The van der Waals surface area contributed by atoms with Gasteiger partial charge in [-0.15, -0.1) is 0 Å². The van der Waals surface area contributed by atoms with Crippen LogP contribution in [0.1, 0.15) is 31.8 Å². The molecule has 1 aromatic heterocycles. The summed E-state index contributed by atoms with van der Waals surface area (Å²) in [4.78, 5) is 24.7. The number of ketones is 2. The van der Waals surface area contributed by atoms with E-state index in [1.54, 1.807) is 17.9 Å². The number of rotatable bonds is 2. The minimum Gasteiger partial charge on any atom is -0.293 e. The molecule has 0 saturated heterocycles. The van der Waals surface area contributed by atoms with Gasteiger partial charge in [0.15, 0.2) is 11.6 Å². The van der Waals surface area contributed by atoms with Crippen molar-refractivity contribution in [3.8, 4) is 0 Å². The van der Waals surface area contributed by atoms with Crippen LogP contribution in [-0.2, 0) is 13.5 Å². The number of benzene rings is 1. The van der Waals surface area contributed by atoms with Crippen molar-refractivity contribution in [2.45, 2.75) is 13.3 Å². The molecule has 1 heterocycles. The van der Waals surface area contributed by atoms with Gasteiger partial charge in [0.1, 0.15) is 0 Å². The van der Waals surface area contributed by atoms with E-state index in [4.69, 9.17) is 0 Å². The molecule has 4 heteroatoms. The molecule has 2 aromatic rings. The highest BCUT2D eigenvalue weighted by atomic mass is 16.2. The van der Waals surface area contributed by atoms with Gasteiger partial charge < -0.3 is 0 Å². The molecule has 1 aliphatic carbocycles. The molecule has 4 nitrogen and oxygen atoms in total. The number of carbonyl (C=O) groups excluding carboxylic acids is 2. The fourth-order valence-corrected chi connectivity index (χ4v) is 2.56. The molecule has 1 aliphatic rings. The largest absolute Gasteiger partial charge is 0.293 e. The predicted octanol–water partition coefficient (Wildman–Crippen LogP) is 1.97. The highest BCUT2D eigenvalue weighted by Gasteiger charge is 2.36.